The number of carbonyl (C=O) groups is 1. The van der Waals surface area contributed by atoms with Crippen molar-refractivity contribution in [3.8, 4) is 0 Å². The molecule has 124 valence electrons. The number of nitrogens with one attached hydrogen (secondary N) is 2. The second-order valence-corrected chi connectivity index (χ2v) is 7.40. The Labute approximate surface area is 169 Å². The summed E-state index contributed by atoms with van der Waals surface area (Å²) in [5.41, 5.74) is 2.59. The fraction of sp³-hybridized carbons (Fsp3) is 0.0588. The normalized spacial score (nSPS) is 10.7. The second kappa shape index (κ2) is 8.80. The summed E-state index contributed by atoms with van der Waals surface area (Å²) in [4.78, 5) is 11.9. The van der Waals surface area contributed by atoms with Gasteiger partial charge in [0.1, 0.15) is 0 Å². The predicted molar refractivity (Wildman–Crippen MR) is 114 cm³/mol. The van der Waals surface area contributed by atoms with Crippen LogP contribution in [-0.4, -0.2) is 11.0 Å². The van der Waals surface area contributed by atoms with Gasteiger partial charge in [0.05, 0.1) is 0 Å². The van der Waals surface area contributed by atoms with E-state index in [9.17, 15) is 4.79 Å². The van der Waals surface area contributed by atoms with Crippen LogP contribution in [0.4, 0.5) is 5.69 Å². The van der Waals surface area contributed by atoms with Crippen LogP contribution >= 0.6 is 58.0 Å². The number of anilines is 1. The fourth-order valence-electron chi connectivity index (χ4n) is 1.88. The molecular weight excluding hydrogens is 478 g/mol. The van der Waals surface area contributed by atoms with E-state index in [-0.39, 0.29) is 11.0 Å². The van der Waals surface area contributed by atoms with E-state index in [0.29, 0.717) is 15.6 Å². The quantitative estimate of drug-likeness (QED) is 0.342. The van der Waals surface area contributed by atoms with Gasteiger partial charge in [0.15, 0.2) is 5.11 Å². The minimum atomic E-state index is -0.346. The Balaban J connectivity index is 1.96. The van der Waals surface area contributed by atoms with Crippen molar-refractivity contribution in [1.82, 2.24) is 5.32 Å². The third kappa shape index (κ3) is 5.73. The summed E-state index contributed by atoms with van der Waals surface area (Å²) in [6.07, 6.45) is 2.97. The van der Waals surface area contributed by atoms with E-state index < -0.39 is 0 Å². The first-order valence-corrected chi connectivity index (χ1v) is 9.10. The molecule has 0 aliphatic heterocycles. The second-order valence-electron chi connectivity index (χ2n) is 4.90. The maximum absolute atomic E-state index is 11.9. The van der Waals surface area contributed by atoms with E-state index in [2.05, 4.69) is 33.2 Å². The van der Waals surface area contributed by atoms with Gasteiger partial charge in [-0.3, -0.25) is 10.1 Å². The number of hydrogen-bond donors (Lipinski definition) is 2. The molecule has 24 heavy (non-hydrogen) atoms. The third-order valence-corrected chi connectivity index (χ3v) is 4.49. The fourth-order valence-corrected chi connectivity index (χ4v) is 3.21. The van der Waals surface area contributed by atoms with Crippen molar-refractivity contribution in [3.63, 3.8) is 0 Å². The molecule has 0 radical (unpaired) electrons. The molecule has 0 bridgehead atoms. The lowest BCUT2D eigenvalue weighted by atomic mass is 10.2. The molecule has 0 heterocycles. The van der Waals surface area contributed by atoms with E-state index >= 15 is 0 Å². The summed E-state index contributed by atoms with van der Waals surface area (Å²) in [7, 11) is 0. The maximum atomic E-state index is 11.9. The van der Waals surface area contributed by atoms with Gasteiger partial charge in [0.25, 0.3) is 0 Å². The van der Waals surface area contributed by atoms with Crippen molar-refractivity contribution < 1.29 is 4.79 Å². The van der Waals surface area contributed by atoms with Gasteiger partial charge in [-0.25, -0.2) is 0 Å². The Kier molecular flexibility index (Phi) is 7.03. The molecule has 0 atom stereocenters. The number of benzene rings is 2. The number of thiocarbonyl (C=S) groups is 1. The zero-order valence-corrected chi connectivity index (χ0v) is 17.1. The number of carbonyl (C=O) groups excluding carboxylic acids is 1. The van der Waals surface area contributed by atoms with Crippen LogP contribution in [0.1, 0.15) is 11.1 Å². The van der Waals surface area contributed by atoms with Crippen molar-refractivity contribution in [2.75, 3.05) is 5.32 Å². The number of rotatable bonds is 3. The van der Waals surface area contributed by atoms with Gasteiger partial charge in [-0.1, -0.05) is 29.3 Å². The standard InChI is InChI=1S/C17H13Cl2IN2OS/c1-10-8-13(20)5-6-15(10)21-17(24)22-16(23)7-3-11-2-4-12(18)9-14(11)19/h2-9H,1H3,(H2,21,22,23,24). The Bertz CT molecular complexity index is 824. The highest BCUT2D eigenvalue weighted by Crippen LogP contribution is 2.22. The maximum Gasteiger partial charge on any atom is 0.250 e. The first kappa shape index (κ1) is 19.2. The topological polar surface area (TPSA) is 41.1 Å². The van der Waals surface area contributed by atoms with Crippen molar-refractivity contribution in [3.05, 3.63) is 67.2 Å². The lowest BCUT2D eigenvalue weighted by molar-refractivity contribution is -0.115. The van der Waals surface area contributed by atoms with Gasteiger partial charge in [0, 0.05) is 25.4 Å². The molecule has 2 aromatic rings. The van der Waals surface area contributed by atoms with Crippen LogP contribution in [0.2, 0.25) is 10.0 Å². The van der Waals surface area contributed by atoms with Crippen LogP contribution in [0, 0.1) is 10.5 Å². The monoisotopic (exact) mass is 490 g/mol. The van der Waals surface area contributed by atoms with Gasteiger partial charge < -0.3 is 5.32 Å². The van der Waals surface area contributed by atoms with Crippen LogP contribution < -0.4 is 10.6 Å². The summed E-state index contributed by atoms with van der Waals surface area (Å²) >= 11 is 19.3. The van der Waals surface area contributed by atoms with Crippen LogP contribution in [0.15, 0.2) is 42.5 Å². The Morgan fingerprint density at radius 2 is 1.96 bits per heavy atom. The molecule has 2 N–H and O–H groups in total. The molecule has 2 rings (SSSR count). The zero-order chi connectivity index (χ0) is 17.7. The van der Waals surface area contributed by atoms with E-state index in [1.54, 1.807) is 24.3 Å². The summed E-state index contributed by atoms with van der Waals surface area (Å²) in [5.74, 6) is -0.346. The molecular formula is C17H13Cl2IN2OS. The Hall–Kier alpha value is -1.15. The lowest BCUT2D eigenvalue weighted by Gasteiger charge is -2.11. The molecule has 0 aliphatic carbocycles. The molecule has 0 aromatic heterocycles. The molecule has 2 aromatic carbocycles. The van der Waals surface area contributed by atoms with Crippen LogP contribution in [0.25, 0.3) is 6.08 Å². The highest BCUT2D eigenvalue weighted by Gasteiger charge is 2.05. The van der Waals surface area contributed by atoms with Crippen LogP contribution in [0.3, 0.4) is 0 Å². The summed E-state index contributed by atoms with van der Waals surface area (Å²) in [6.45, 7) is 1.97. The van der Waals surface area contributed by atoms with E-state index in [4.69, 9.17) is 35.4 Å². The van der Waals surface area contributed by atoms with E-state index in [1.165, 1.54) is 6.08 Å². The Morgan fingerprint density at radius 1 is 1.21 bits per heavy atom. The van der Waals surface area contributed by atoms with Gasteiger partial charge in [-0.05, 0) is 89.3 Å². The number of hydrogen-bond acceptors (Lipinski definition) is 2. The van der Waals surface area contributed by atoms with Gasteiger partial charge >= 0.3 is 0 Å². The number of amides is 1. The molecule has 0 saturated heterocycles. The first-order chi connectivity index (χ1) is 11.3. The minimum Gasteiger partial charge on any atom is -0.332 e. The SMILES string of the molecule is Cc1cc(I)ccc1NC(=S)NC(=O)C=Cc1ccc(Cl)cc1Cl. The average molecular weight is 491 g/mol. The van der Waals surface area contributed by atoms with Crippen molar-refractivity contribution in [1.29, 1.82) is 0 Å². The summed E-state index contributed by atoms with van der Waals surface area (Å²) < 4.78 is 1.13. The van der Waals surface area contributed by atoms with E-state index in [0.717, 1.165) is 14.8 Å². The third-order valence-electron chi connectivity index (χ3n) is 3.05. The average Bonchev–Trinajstić information content (AvgIpc) is 2.49. The summed E-state index contributed by atoms with van der Waals surface area (Å²) in [6, 6.07) is 11.0. The lowest BCUT2D eigenvalue weighted by Crippen LogP contribution is -2.33. The highest BCUT2D eigenvalue weighted by molar-refractivity contribution is 14.1. The molecule has 0 spiro atoms. The molecule has 7 heteroatoms. The van der Waals surface area contributed by atoms with E-state index in [1.807, 2.05) is 25.1 Å². The molecule has 0 aliphatic rings. The number of halogens is 3. The molecule has 3 nitrogen and oxygen atoms in total. The minimum absolute atomic E-state index is 0.233. The Morgan fingerprint density at radius 3 is 2.62 bits per heavy atom. The number of aryl methyl sites for hydroxylation is 1. The largest absolute Gasteiger partial charge is 0.332 e. The summed E-state index contributed by atoms with van der Waals surface area (Å²) in [5, 5.41) is 6.85. The van der Waals surface area contributed by atoms with Gasteiger partial charge in [0.2, 0.25) is 5.91 Å². The van der Waals surface area contributed by atoms with Gasteiger partial charge in [-0.15, -0.1) is 0 Å². The van der Waals surface area contributed by atoms with Crippen molar-refractivity contribution in [2.24, 2.45) is 0 Å². The van der Waals surface area contributed by atoms with Crippen LogP contribution in [0.5, 0.6) is 0 Å². The van der Waals surface area contributed by atoms with Crippen molar-refractivity contribution >= 4 is 80.8 Å². The molecule has 0 saturated carbocycles. The van der Waals surface area contributed by atoms with Gasteiger partial charge in [-0.2, -0.15) is 0 Å². The zero-order valence-electron chi connectivity index (χ0n) is 12.6. The first-order valence-electron chi connectivity index (χ1n) is 6.86. The molecule has 1 amide bonds. The highest BCUT2D eigenvalue weighted by atomic mass is 127. The molecule has 0 fully saturated rings. The smallest absolute Gasteiger partial charge is 0.250 e. The predicted octanol–water partition coefficient (Wildman–Crippen LogP) is 5.43. The molecule has 0 unspecified atom stereocenters. The van der Waals surface area contributed by atoms with Crippen molar-refractivity contribution in [2.45, 2.75) is 6.92 Å². The van der Waals surface area contributed by atoms with Crippen LogP contribution in [-0.2, 0) is 4.79 Å².